The zero-order chi connectivity index (χ0) is 23.5. The fourth-order valence-corrected chi connectivity index (χ4v) is 4.78. The predicted molar refractivity (Wildman–Crippen MR) is 138 cm³/mol. The lowest BCUT2D eigenvalue weighted by atomic mass is 10.0. The van der Waals surface area contributed by atoms with Crippen molar-refractivity contribution in [2.75, 3.05) is 18.6 Å². The Balaban J connectivity index is 1.62. The van der Waals surface area contributed by atoms with Crippen LogP contribution < -0.4 is 19.7 Å². The smallest absolute Gasteiger partial charge is 0.174 e. The highest BCUT2D eigenvalue weighted by Gasteiger charge is 2.42. The monoisotopic (exact) mass is 470 g/mol. The Morgan fingerprint density at radius 2 is 1.79 bits per heavy atom. The Bertz CT molecular complexity index is 1270. The highest BCUT2D eigenvalue weighted by Crippen LogP contribution is 2.42. The topological polar surface area (TPSA) is 51.5 Å². The molecule has 1 fully saturated rings. The molecule has 0 saturated carbocycles. The number of hydrogen-bond acceptors (Lipinski definition) is 4. The summed E-state index contributed by atoms with van der Waals surface area (Å²) >= 11 is 5.86. The molecule has 1 aliphatic rings. The number of hydrogen-bond donors (Lipinski definition) is 1. The molecule has 4 aromatic rings. The van der Waals surface area contributed by atoms with Gasteiger partial charge < -0.3 is 24.3 Å². The summed E-state index contributed by atoms with van der Waals surface area (Å²) in [6.45, 7) is 2.61. The Kier molecular flexibility index (Phi) is 6.18. The van der Waals surface area contributed by atoms with Gasteiger partial charge in [0.05, 0.1) is 25.5 Å². The first-order valence-corrected chi connectivity index (χ1v) is 11.7. The van der Waals surface area contributed by atoms with Gasteiger partial charge in [0.25, 0.3) is 0 Å². The number of benzene rings is 2. The van der Waals surface area contributed by atoms with Crippen molar-refractivity contribution in [2.24, 2.45) is 0 Å². The minimum Gasteiger partial charge on any atom is -0.497 e. The van der Waals surface area contributed by atoms with E-state index in [1.54, 1.807) is 7.11 Å². The average molecular weight is 471 g/mol. The van der Waals surface area contributed by atoms with Gasteiger partial charge in [-0.15, -0.1) is 0 Å². The number of nitrogens with one attached hydrogen (secondary N) is 1. The standard InChI is InChI=1S/C27H26N4O2S/c1-3-33-21-14-12-19(13-15-21)31-26(25(29-27(31)34)23-10-4-5-16-28-23)24-11-7-17-30(24)20-8-6-9-22(18-20)32-2/h4-18,25-26H,3H2,1-2H3,(H,29,34)/t25-,26-/m0/s1. The van der Waals surface area contributed by atoms with Crippen molar-refractivity contribution in [3.8, 4) is 17.2 Å². The number of nitrogens with zero attached hydrogens (tertiary/aromatic N) is 3. The molecule has 1 saturated heterocycles. The van der Waals surface area contributed by atoms with E-state index in [1.165, 1.54) is 0 Å². The molecular weight excluding hydrogens is 444 g/mol. The van der Waals surface area contributed by atoms with Crippen molar-refractivity contribution in [3.05, 3.63) is 103 Å². The molecule has 2 atom stereocenters. The van der Waals surface area contributed by atoms with Crippen LogP contribution in [0.25, 0.3) is 5.69 Å². The van der Waals surface area contributed by atoms with E-state index in [2.05, 4.69) is 44.2 Å². The zero-order valence-corrected chi connectivity index (χ0v) is 19.9. The highest BCUT2D eigenvalue weighted by molar-refractivity contribution is 7.80. The molecule has 0 aliphatic carbocycles. The first-order chi connectivity index (χ1) is 16.7. The van der Waals surface area contributed by atoms with E-state index in [1.807, 2.05) is 73.8 Å². The normalized spacial score (nSPS) is 17.5. The second kappa shape index (κ2) is 9.57. The van der Waals surface area contributed by atoms with Gasteiger partial charge in [-0.1, -0.05) is 12.1 Å². The van der Waals surface area contributed by atoms with E-state index in [-0.39, 0.29) is 12.1 Å². The fourth-order valence-electron chi connectivity index (χ4n) is 4.43. The molecule has 1 N–H and O–H groups in total. The molecule has 0 amide bonds. The third-order valence-corrected chi connectivity index (χ3v) is 6.25. The van der Waals surface area contributed by atoms with Crippen molar-refractivity contribution in [1.29, 1.82) is 0 Å². The molecule has 0 spiro atoms. The molecule has 0 radical (unpaired) electrons. The number of anilines is 1. The second-order valence-electron chi connectivity index (χ2n) is 7.93. The van der Waals surface area contributed by atoms with Crippen molar-refractivity contribution >= 4 is 23.0 Å². The van der Waals surface area contributed by atoms with Crippen LogP contribution in [0.4, 0.5) is 5.69 Å². The Morgan fingerprint density at radius 3 is 2.53 bits per heavy atom. The molecule has 6 nitrogen and oxygen atoms in total. The van der Waals surface area contributed by atoms with Crippen molar-refractivity contribution in [3.63, 3.8) is 0 Å². The van der Waals surface area contributed by atoms with Gasteiger partial charge in [-0.05, 0) is 79.8 Å². The third-order valence-electron chi connectivity index (χ3n) is 5.94. The van der Waals surface area contributed by atoms with E-state index in [0.717, 1.165) is 34.3 Å². The lowest BCUT2D eigenvalue weighted by Gasteiger charge is -2.29. The van der Waals surface area contributed by atoms with Crippen LogP contribution in [0, 0.1) is 0 Å². The summed E-state index contributed by atoms with van der Waals surface area (Å²) in [4.78, 5) is 6.82. The average Bonchev–Trinajstić information content (AvgIpc) is 3.50. The first kappa shape index (κ1) is 22.0. The Hall–Kier alpha value is -3.84. The molecule has 3 heterocycles. The number of methoxy groups -OCH3 is 1. The number of ether oxygens (including phenoxy) is 2. The quantitative estimate of drug-likeness (QED) is 0.362. The van der Waals surface area contributed by atoms with Crippen LogP contribution in [0.3, 0.4) is 0 Å². The second-order valence-corrected chi connectivity index (χ2v) is 8.31. The van der Waals surface area contributed by atoms with Crippen LogP contribution in [0.5, 0.6) is 11.5 Å². The molecule has 0 unspecified atom stereocenters. The molecule has 2 aromatic carbocycles. The van der Waals surface area contributed by atoms with Gasteiger partial charge in [0.1, 0.15) is 17.5 Å². The van der Waals surface area contributed by atoms with Crippen molar-refractivity contribution in [1.82, 2.24) is 14.9 Å². The fraction of sp³-hybridized carbons (Fsp3) is 0.185. The number of aromatic nitrogens is 2. The predicted octanol–water partition coefficient (Wildman–Crippen LogP) is 5.46. The Labute approximate surface area is 204 Å². The summed E-state index contributed by atoms with van der Waals surface area (Å²) in [6.07, 6.45) is 3.88. The van der Waals surface area contributed by atoms with Crippen molar-refractivity contribution in [2.45, 2.75) is 19.0 Å². The molecule has 7 heteroatoms. The third kappa shape index (κ3) is 4.10. The summed E-state index contributed by atoms with van der Waals surface area (Å²) in [6, 6.07) is 26.0. The van der Waals surface area contributed by atoms with Crippen molar-refractivity contribution < 1.29 is 9.47 Å². The first-order valence-electron chi connectivity index (χ1n) is 11.2. The molecule has 0 bridgehead atoms. The summed E-state index contributed by atoms with van der Waals surface area (Å²) in [5, 5.41) is 4.18. The van der Waals surface area contributed by atoms with Gasteiger partial charge in [-0.3, -0.25) is 4.98 Å². The number of thiocarbonyl (C=S) groups is 1. The van der Waals surface area contributed by atoms with E-state index in [0.29, 0.717) is 11.7 Å². The van der Waals surface area contributed by atoms with Gasteiger partial charge in [-0.2, -0.15) is 0 Å². The molecule has 5 rings (SSSR count). The maximum Gasteiger partial charge on any atom is 0.174 e. The maximum absolute atomic E-state index is 5.86. The van der Waals surface area contributed by atoms with Gasteiger partial charge >= 0.3 is 0 Å². The van der Waals surface area contributed by atoms with Gasteiger partial charge in [0.15, 0.2) is 5.11 Å². The molecular formula is C27H26N4O2S. The lowest BCUT2D eigenvalue weighted by Crippen LogP contribution is -2.30. The van der Waals surface area contributed by atoms with Crippen LogP contribution in [0.15, 0.2) is 91.3 Å². The van der Waals surface area contributed by atoms with E-state index in [4.69, 9.17) is 21.7 Å². The molecule has 2 aromatic heterocycles. The number of rotatable bonds is 7. The minimum atomic E-state index is -0.125. The minimum absolute atomic E-state index is 0.124. The highest BCUT2D eigenvalue weighted by atomic mass is 32.1. The van der Waals surface area contributed by atoms with E-state index >= 15 is 0 Å². The molecule has 1 aliphatic heterocycles. The largest absolute Gasteiger partial charge is 0.497 e. The summed E-state index contributed by atoms with van der Waals surface area (Å²) in [5.74, 6) is 1.64. The van der Waals surface area contributed by atoms with Gasteiger partial charge in [0.2, 0.25) is 0 Å². The van der Waals surface area contributed by atoms with E-state index in [9.17, 15) is 0 Å². The maximum atomic E-state index is 5.86. The SMILES string of the molecule is CCOc1ccc(N2C(=S)N[C@@H](c3ccccn3)[C@@H]2c2cccn2-c2cccc(OC)c2)cc1. The van der Waals surface area contributed by atoms with Crippen LogP contribution in [-0.4, -0.2) is 28.4 Å². The van der Waals surface area contributed by atoms with Crippen LogP contribution in [-0.2, 0) is 0 Å². The van der Waals surface area contributed by atoms with Gasteiger partial charge in [-0.25, -0.2) is 0 Å². The van der Waals surface area contributed by atoms with E-state index < -0.39 is 0 Å². The Morgan fingerprint density at radius 1 is 0.941 bits per heavy atom. The summed E-state index contributed by atoms with van der Waals surface area (Å²) in [7, 11) is 1.68. The van der Waals surface area contributed by atoms with Crippen LogP contribution in [0.2, 0.25) is 0 Å². The number of pyridine rings is 1. The van der Waals surface area contributed by atoms with Crippen LogP contribution >= 0.6 is 12.2 Å². The molecule has 34 heavy (non-hydrogen) atoms. The van der Waals surface area contributed by atoms with Gasteiger partial charge in [0, 0.05) is 35.5 Å². The lowest BCUT2D eigenvalue weighted by molar-refractivity contribution is 0.340. The summed E-state index contributed by atoms with van der Waals surface area (Å²) in [5.41, 5.74) is 4.03. The molecule has 172 valence electrons. The van der Waals surface area contributed by atoms with Crippen LogP contribution in [0.1, 0.15) is 30.4 Å². The zero-order valence-electron chi connectivity index (χ0n) is 19.1. The summed E-state index contributed by atoms with van der Waals surface area (Å²) < 4.78 is 13.3.